The summed E-state index contributed by atoms with van der Waals surface area (Å²) in [6.45, 7) is 1.54. The minimum absolute atomic E-state index is 0.0236. The molecule has 11 heteroatoms. The molecule has 3 rings (SSSR count). The van der Waals surface area contributed by atoms with Crippen molar-refractivity contribution in [2.45, 2.75) is 11.8 Å². The molecule has 33 heavy (non-hydrogen) atoms. The number of ether oxygens (including phenoxy) is 2. The number of rotatable bonds is 8. The molecule has 0 aliphatic carbocycles. The lowest BCUT2D eigenvalue weighted by molar-refractivity contribution is -0.385. The van der Waals surface area contributed by atoms with Crippen LogP contribution in [0.25, 0.3) is 0 Å². The van der Waals surface area contributed by atoms with Crippen molar-refractivity contribution in [3.05, 3.63) is 81.9 Å². The van der Waals surface area contributed by atoms with Crippen LogP contribution in [0, 0.1) is 17.0 Å². The first-order valence-corrected chi connectivity index (χ1v) is 11.0. The van der Waals surface area contributed by atoms with Crippen molar-refractivity contribution in [2.24, 2.45) is 0 Å². The smallest absolute Gasteiger partial charge is 0.272 e. The van der Waals surface area contributed by atoms with Crippen molar-refractivity contribution in [2.75, 3.05) is 24.3 Å². The Morgan fingerprint density at radius 1 is 0.970 bits per heavy atom. The number of amides is 1. The summed E-state index contributed by atoms with van der Waals surface area (Å²) in [5, 5.41) is 13.6. The SMILES string of the molecule is COc1ccc(NS(=O)(=O)c2ccc(NC(=O)c3ccc([N+](=O)[O-])c(C)c3)cc2)c(OC)c1. The minimum Gasteiger partial charge on any atom is -0.497 e. The first-order valence-electron chi connectivity index (χ1n) is 9.56. The van der Waals surface area contributed by atoms with Crippen LogP contribution in [0.4, 0.5) is 17.1 Å². The van der Waals surface area contributed by atoms with Crippen LogP contribution < -0.4 is 19.5 Å². The Morgan fingerprint density at radius 3 is 2.24 bits per heavy atom. The van der Waals surface area contributed by atoms with Gasteiger partial charge in [0.15, 0.2) is 0 Å². The number of nitrogens with zero attached hydrogens (tertiary/aromatic N) is 1. The van der Waals surface area contributed by atoms with Gasteiger partial charge in [-0.3, -0.25) is 19.6 Å². The molecule has 0 unspecified atom stereocenters. The van der Waals surface area contributed by atoms with Crippen molar-refractivity contribution in [1.29, 1.82) is 0 Å². The molecular weight excluding hydrogens is 450 g/mol. The number of sulfonamides is 1. The standard InChI is InChI=1S/C22H21N3O7S/c1-14-12-15(4-11-20(14)25(27)28)22(26)23-16-5-8-18(9-6-16)33(29,30)24-19-10-7-17(31-2)13-21(19)32-3/h4-13,24H,1-3H3,(H,23,26). The number of hydrogen-bond donors (Lipinski definition) is 2. The summed E-state index contributed by atoms with van der Waals surface area (Å²) >= 11 is 0. The Hall–Kier alpha value is -4.12. The average Bonchev–Trinajstić information content (AvgIpc) is 2.79. The highest BCUT2D eigenvalue weighted by Gasteiger charge is 2.18. The first-order chi connectivity index (χ1) is 15.6. The molecule has 0 radical (unpaired) electrons. The topological polar surface area (TPSA) is 137 Å². The van der Waals surface area contributed by atoms with Crippen LogP contribution in [0.1, 0.15) is 15.9 Å². The van der Waals surface area contributed by atoms with Gasteiger partial charge >= 0.3 is 0 Å². The van der Waals surface area contributed by atoms with Crippen LogP contribution in [0.2, 0.25) is 0 Å². The van der Waals surface area contributed by atoms with E-state index in [-0.39, 0.29) is 21.8 Å². The fourth-order valence-corrected chi connectivity index (χ4v) is 4.08. The van der Waals surface area contributed by atoms with E-state index in [0.717, 1.165) is 0 Å². The van der Waals surface area contributed by atoms with Gasteiger partial charge in [0.25, 0.3) is 21.6 Å². The zero-order valence-electron chi connectivity index (χ0n) is 18.0. The van der Waals surface area contributed by atoms with Crippen molar-refractivity contribution in [3.63, 3.8) is 0 Å². The number of nitro benzene ring substituents is 1. The largest absolute Gasteiger partial charge is 0.497 e. The zero-order valence-corrected chi connectivity index (χ0v) is 18.8. The number of aryl methyl sites for hydroxylation is 1. The quantitative estimate of drug-likeness (QED) is 0.374. The molecule has 0 aliphatic heterocycles. The third-order valence-corrected chi connectivity index (χ3v) is 6.11. The van der Waals surface area contributed by atoms with Crippen LogP contribution in [0.3, 0.4) is 0 Å². The third-order valence-electron chi connectivity index (χ3n) is 4.73. The minimum atomic E-state index is -3.93. The van der Waals surface area contributed by atoms with Gasteiger partial charge in [0.1, 0.15) is 11.5 Å². The second-order valence-corrected chi connectivity index (χ2v) is 8.59. The van der Waals surface area contributed by atoms with Gasteiger partial charge in [-0.25, -0.2) is 8.42 Å². The number of benzene rings is 3. The number of anilines is 2. The van der Waals surface area contributed by atoms with E-state index in [0.29, 0.717) is 22.7 Å². The van der Waals surface area contributed by atoms with E-state index in [2.05, 4.69) is 10.0 Å². The lowest BCUT2D eigenvalue weighted by Crippen LogP contribution is -2.15. The van der Waals surface area contributed by atoms with Gasteiger partial charge in [0.2, 0.25) is 0 Å². The van der Waals surface area contributed by atoms with E-state index in [4.69, 9.17) is 9.47 Å². The van der Waals surface area contributed by atoms with Crippen molar-refractivity contribution in [3.8, 4) is 11.5 Å². The Balaban J connectivity index is 1.75. The lowest BCUT2D eigenvalue weighted by atomic mass is 10.1. The molecule has 0 aromatic heterocycles. The van der Waals surface area contributed by atoms with Crippen molar-refractivity contribution in [1.82, 2.24) is 0 Å². The Bertz CT molecular complexity index is 1310. The molecule has 0 fully saturated rings. The van der Waals surface area contributed by atoms with Gasteiger partial charge in [0.05, 0.1) is 29.7 Å². The fourth-order valence-electron chi connectivity index (χ4n) is 3.01. The maximum Gasteiger partial charge on any atom is 0.272 e. The number of carbonyl (C=O) groups is 1. The number of methoxy groups -OCH3 is 2. The molecule has 2 N–H and O–H groups in total. The molecule has 0 heterocycles. The first kappa shape index (κ1) is 23.5. The highest BCUT2D eigenvalue weighted by molar-refractivity contribution is 7.92. The van der Waals surface area contributed by atoms with E-state index >= 15 is 0 Å². The monoisotopic (exact) mass is 471 g/mol. The van der Waals surface area contributed by atoms with Crippen molar-refractivity contribution < 1.29 is 27.6 Å². The van der Waals surface area contributed by atoms with Gasteiger partial charge in [-0.2, -0.15) is 0 Å². The van der Waals surface area contributed by atoms with Crippen LogP contribution in [-0.2, 0) is 10.0 Å². The van der Waals surface area contributed by atoms with Crippen LogP contribution >= 0.6 is 0 Å². The van der Waals surface area contributed by atoms with Gasteiger partial charge in [-0.05, 0) is 55.5 Å². The van der Waals surface area contributed by atoms with Crippen LogP contribution in [0.5, 0.6) is 11.5 Å². The fraction of sp³-hybridized carbons (Fsp3) is 0.136. The van der Waals surface area contributed by atoms with Gasteiger partial charge in [-0.1, -0.05) is 0 Å². The van der Waals surface area contributed by atoms with Crippen LogP contribution in [0.15, 0.2) is 65.6 Å². The van der Waals surface area contributed by atoms with E-state index < -0.39 is 20.9 Å². The predicted octanol–water partition coefficient (Wildman–Crippen LogP) is 3.97. The molecule has 172 valence electrons. The number of nitro groups is 1. The maximum atomic E-state index is 12.8. The number of nitrogens with one attached hydrogen (secondary N) is 2. The number of carbonyl (C=O) groups excluding carboxylic acids is 1. The van der Waals surface area contributed by atoms with E-state index in [1.165, 1.54) is 62.8 Å². The zero-order chi connectivity index (χ0) is 24.2. The Labute approximate surface area is 190 Å². The van der Waals surface area contributed by atoms with E-state index in [1.807, 2.05) is 0 Å². The molecule has 1 amide bonds. The summed E-state index contributed by atoms with van der Waals surface area (Å²) in [6, 6.07) is 14.3. The molecule has 0 saturated heterocycles. The summed E-state index contributed by atoms with van der Waals surface area (Å²) in [5.74, 6) is 0.322. The molecule has 0 bridgehead atoms. The predicted molar refractivity (Wildman–Crippen MR) is 123 cm³/mol. The molecule has 0 aliphatic rings. The summed E-state index contributed by atoms with van der Waals surface area (Å²) in [4.78, 5) is 22.8. The van der Waals surface area contributed by atoms with E-state index in [9.17, 15) is 23.3 Å². The maximum absolute atomic E-state index is 12.8. The molecule has 0 atom stereocenters. The Kier molecular flexibility index (Phi) is 6.83. The Morgan fingerprint density at radius 2 is 1.67 bits per heavy atom. The van der Waals surface area contributed by atoms with Crippen molar-refractivity contribution >= 4 is 33.0 Å². The van der Waals surface area contributed by atoms with Gasteiger partial charge in [0, 0.05) is 28.9 Å². The summed E-state index contributed by atoms with van der Waals surface area (Å²) < 4.78 is 38.3. The number of hydrogen-bond acceptors (Lipinski definition) is 7. The second kappa shape index (κ2) is 9.57. The molecular formula is C22H21N3O7S. The van der Waals surface area contributed by atoms with E-state index in [1.54, 1.807) is 19.1 Å². The molecule has 3 aromatic carbocycles. The lowest BCUT2D eigenvalue weighted by Gasteiger charge is -2.13. The normalized spacial score (nSPS) is 10.9. The average molecular weight is 471 g/mol. The summed E-state index contributed by atoms with van der Waals surface area (Å²) in [5.41, 5.74) is 1.11. The van der Waals surface area contributed by atoms with Gasteiger partial charge < -0.3 is 14.8 Å². The van der Waals surface area contributed by atoms with Gasteiger partial charge in [-0.15, -0.1) is 0 Å². The highest BCUT2D eigenvalue weighted by Crippen LogP contribution is 2.31. The highest BCUT2D eigenvalue weighted by atomic mass is 32.2. The third kappa shape index (κ3) is 5.39. The molecule has 3 aromatic rings. The van der Waals surface area contributed by atoms with Crippen LogP contribution in [-0.4, -0.2) is 33.5 Å². The second-order valence-electron chi connectivity index (χ2n) is 6.91. The summed E-state index contributed by atoms with van der Waals surface area (Å²) in [7, 11) is -1.03. The molecule has 10 nitrogen and oxygen atoms in total. The summed E-state index contributed by atoms with van der Waals surface area (Å²) in [6.07, 6.45) is 0. The molecule has 0 spiro atoms. The molecule has 0 saturated carbocycles.